The summed E-state index contributed by atoms with van der Waals surface area (Å²) in [6.45, 7) is 3.12. The summed E-state index contributed by atoms with van der Waals surface area (Å²) in [6.07, 6.45) is -0.0865. The molecular formula is C20H25ClN4O2. The zero-order valence-corrected chi connectivity index (χ0v) is 16.3. The van der Waals surface area contributed by atoms with E-state index in [1.54, 1.807) is 19.2 Å². The third-order valence-electron chi connectivity index (χ3n) is 3.68. The number of hydrogen-bond donors (Lipinski definition) is 3. The van der Waals surface area contributed by atoms with Gasteiger partial charge in [0, 0.05) is 18.6 Å². The van der Waals surface area contributed by atoms with E-state index >= 15 is 0 Å². The number of nitrogens with zero attached hydrogens (tertiary/aromatic N) is 1. The highest BCUT2D eigenvalue weighted by atomic mass is 35.5. The lowest BCUT2D eigenvalue weighted by Crippen LogP contribution is -2.45. The molecule has 1 atom stereocenters. The van der Waals surface area contributed by atoms with E-state index in [2.05, 4.69) is 20.9 Å². The molecule has 0 saturated carbocycles. The van der Waals surface area contributed by atoms with Gasteiger partial charge in [0.05, 0.1) is 13.1 Å². The van der Waals surface area contributed by atoms with E-state index in [9.17, 15) is 4.79 Å². The summed E-state index contributed by atoms with van der Waals surface area (Å²) in [6, 6.07) is 17.0. The first kappa shape index (κ1) is 20.6. The second-order valence-corrected chi connectivity index (χ2v) is 6.39. The van der Waals surface area contributed by atoms with Gasteiger partial charge in [-0.05, 0) is 36.8 Å². The number of carbonyl (C=O) groups is 1. The van der Waals surface area contributed by atoms with Crippen molar-refractivity contribution in [2.24, 2.45) is 4.99 Å². The first-order valence-corrected chi connectivity index (χ1v) is 9.12. The molecule has 2 rings (SSSR count). The Hall–Kier alpha value is -2.73. The van der Waals surface area contributed by atoms with Crippen molar-refractivity contribution in [3.05, 3.63) is 65.2 Å². The molecule has 1 amide bonds. The quantitative estimate of drug-likeness (QED) is 0.480. The number of hydrogen-bond acceptors (Lipinski definition) is 3. The molecule has 3 N–H and O–H groups in total. The summed E-state index contributed by atoms with van der Waals surface area (Å²) in [5, 5.41) is 9.65. The molecule has 0 bridgehead atoms. The van der Waals surface area contributed by atoms with Gasteiger partial charge in [-0.1, -0.05) is 41.9 Å². The van der Waals surface area contributed by atoms with Gasteiger partial charge in [-0.25, -0.2) is 0 Å². The van der Waals surface area contributed by atoms with Crippen molar-refractivity contribution in [3.8, 4) is 5.75 Å². The Labute approximate surface area is 165 Å². The average molecular weight is 389 g/mol. The van der Waals surface area contributed by atoms with Crippen LogP contribution in [0.5, 0.6) is 5.75 Å². The molecule has 144 valence electrons. The molecule has 0 aliphatic heterocycles. The Morgan fingerprint density at radius 1 is 1.07 bits per heavy atom. The molecule has 0 spiro atoms. The number of aliphatic imine (C=N–C) groups is 1. The standard InChI is InChI=1S/C20H25ClN4O2/c1-15(27-18-10-8-17(21)9-11-18)12-24-20(22-2)25-14-19(26)23-13-16-6-4-3-5-7-16/h3-11,15H,12-14H2,1-2H3,(H,23,26)(H2,22,24,25). The van der Waals surface area contributed by atoms with Crippen molar-refractivity contribution >= 4 is 23.5 Å². The Balaban J connectivity index is 1.67. The number of guanidine groups is 1. The van der Waals surface area contributed by atoms with Gasteiger partial charge in [0.15, 0.2) is 5.96 Å². The maximum absolute atomic E-state index is 12.0. The van der Waals surface area contributed by atoms with Crippen LogP contribution in [0.2, 0.25) is 5.02 Å². The third-order valence-corrected chi connectivity index (χ3v) is 3.93. The summed E-state index contributed by atoms with van der Waals surface area (Å²) >= 11 is 5.86. The predicted octanol–water partition coefficient (Wildman–Crippen LogP) is 2.59. The van der Waals surface area contributed by atoms with Gasteiger partial charge in [-0.2, -0.15) is 0 Å². The Morgan fingerprint density at radius 3 is 2.44 bits per heavy atom. The molecule has 1 unspecified atom stereocenters. The summed E-state index contributed by atoms with van der Waals surface area (Å²) in [4.78, 5) is 16.1. The predicted molar refractivity (Wildman–Crippen MR) is 109 cm³/mol. The molecule has 0 aliphatic rings. The van der Waals surface area contributed by atoms with Crippen LogP contribution in [0.3, 0.4) is 0 Å². The average Bonchev–Trinajstić information content (AvgIpc) is 2.69. The number of carbonyl (C=O) groups excluding carboxylic acids is 1. The van der Waals surface area contributed by atoms with Crippen LogP contribution in [0, 0.1) is 0 Å². The summed E-state index contributed by atoms with van der Waals surface area (Å²) < 4.78 is 5.79. The summed E-state index contributed by atoms with van der Waals surface area (Å²) in [5.74, 6) is 1.18. The van der Waals surface area contributed by atoms with Crippen LogP contribution in [0.1, 0.15) is 12.5 Å². The molecule has 0 aromatic heterocycles. The van der Waals surface area contributed by atoms with Crippen LogP contribution >= 0.6 is 11.6 Å². The van der Waals surface area contributed by atoms with E-state index in [1.165, 1.54) is 0 Å². The van der Waals surface area contributed by atoms with Crippen LogP contribution in [-0.2, 0) is 11.3 Å². The third kappa shape index (κ3) is 8.00. The number of amides is 1. The topological polar surface area (TPSA) is 74.8 Å². The van der Waals surface area contributed by atoms with Crippen molar-refractivity contribution in [1.29, 1.82) is 0 Å². The summed E-state index contributed by atoms with van der Waals surface area (Å²) in [7, 11) is 1.65. The van der Waals surface area contributed by atoms with Gasteiger partial charge < -0.3 is 20.7 Å². The van der Waals surface area contributed by atoms with Gasteiger partial charge in [0.1, 0.15) is 11.9 Å². The van der Waals surface area contributed by atoms with E-state index < -0.39 is 0 Å². The SMILES string of the molecule is CN=C(NCC(=O)NCc1ccccc1)NCC(C)Oc1ccc(Cl)cc1. The van der Waals surface area contributed by atoms with Crippen LogP contribution in [-0.4, -0.2) is 38.1 Å². The zero-order valence-electron chi connectivity index (χ0n) is 15.5. The van der Waals surface area contributed by atoms with Crippen molar-refractivity contribution < 1.29 is 9.53 Å². The van der Waals surface area contributed by atoms with Crippen molar-refractivity contribution in [2.45, 2.75) is 19.6 Å². The second-order valence-electron chi connectivity index (χ2n) is 5.95. The molecule has 0 radical (unpaired) electrons. The van der Waals surface area contributed by atoms with Crippen LogP contribution < -0.4 is 20.7 Å². The van der Waals surface area contributed by atoms with Crippen molar-refractivity contribution in [1.82, 2.24) is 16.0 Å². The monoisotopic (exact) mass is 388 g/mol. The zero-order chi connectivity index (χ0) is 19.5. The fourth-order valence-corrected chi connectivity index (χ4v) is 2.40. The van der Waals surface area contributed by atoms with E-state index in [0.29, 0.717) is 24.1 Å². The highest BCUT2D eigenvalue weighted by Crippen LogP contribution is 2.16. The maximum Gasteiger partial charge on any atom is 0.239 e. The molecule has 0 saturated heterocycles. The fraction of sp³-hybridized carbons (Fsp3) is 0.300. The van der Waals surface area contributed by atoms with Gasteiger partial charge in [0.25, 0.3) is 0 Å². The highest BCUT2D eigenvalue weighted by molar-refractivity contribution is 6.30. The van der Waals surface area contributed by atoms with Crippen molar-refractivity contribution in [2.75, 3.05) is 20.1 Å². The molecule has 0 heterocycles. The highest BCUT2D eigenvalue weighted by Gasteiger charge is 2.07. The number of halogens is 1. The molecule has 27 heavy (non-hydrogen) atoms. The van der Waals surface area contributed by atoms with Crippen molar-refractivity contribution in [3.63, 3.8) is 0 Å². The van der Waals surface area contributed by atoms with E-state index in [4.69, 9.17) is 16.3 Å². The Morgan fingerprint density at radius 2 is 1.78 bits per heavy atom. The number of benzene rings is 2. The fourth-order valence-electron chi connectivity index (χ4n) is 2.27. The molecule has 2 aromatic rings. The number of ether oxygens (including phenoxy) is 1. The largest absolute Gasteiger partial charge is 0.489 e. The van der Waals surface area contributed by atoms with Gasteiger partial charge in [-0.3, -0.25) is 9.79 Å². The molecule has 0 aliphatic carbocycles. The van der Waals surface area contributed by atoms with E-state index in [-0.39, 0.29) is 18.6 Å². The first-order chi connectivity index (χ1) is 13.1. The smallest absolute Gasteiger partial charge is 0.239 e. The number of nitrogens with one attached hydrogen (secondary N) is 3. The molecular weight excluding hydrogens is 364 g/mol. The minimum atomic E-state index is -0.104. The molecule has 0 fully saturated rings. The normalized spacial score (nSPS) is 12.2. The maximum atomic E-state index is 12.0. The van der Waals surface area contributed by atoms with Gasteiger partial charge in [-0.15, -0.1) is 0 Å². The Bertz CT molecular complexity index is 735. The molecule has 7 heteroatoms. The minimum Gasteiger partial charge on any atom is -0.489 e. The summed E-state index contributed by atoms with van der Waals surface area (Å²) in [5.41, 5.74) is 1.06. The van der Waals surface area contributed by atoms with Gasteiger partial charge in [0.2, 0.25) is 5.91 Å². The van der Waals surface area contributed by atoms with Crippen LogP contribution in [0.4, 0.5) is 0 Å². The number of rotatable bonds is 8. The van der Waals surface area contributed by atoms with Gasteiger partial charge >= 0.3 is 0 Å². The van der Waals surface area contributed by atoms with E-state index in [0.717, 1.165) is 11.3 Å². The molecule has 2 aromatic carbocycles. The molecule has 6 nitrogen and oxygen atoms in total. The Kier molecular flexibility index (Phi) is 8.45. The van der Waals surface area contributed by atoms with Crippen LogP contribution in [0.15, 0.2) is 59.6 Å². The lowest BCUT2D eigenvalue weighted by Gasteiger charge is -2.17. The lowest BCUT2D eigenvalue weighted by atomic mass is 10.2. The van der Waals surface area contributed by atoms with E-state index in [1.807, 2.05) is 49.4 Å². The first-order valence-electron chi connectivity index (χ1n) is 8.74. The minimum absolute atomic E-state index is 0.0865. The second kappa shape index (κ2) is 11.1. The van der Waals surface area contributed by atoms with Crippen LogP contribution in [0.25, 0.3) is 0 Å². The lowest BCUT2D eigenvalue weighted by molar-refractivity contribution is -0.120.